The third-order valence-corrected chi connectivity index (χ3v) is 4.64. The van der Waals surface area contributed by atoms with Crippen LogP contribution < -0.4 is 5.73 Å². The highest BCUT2D eigenvalue weighted by Crippen LogP contribution is 2.35. The number of nitrogens with two attached hydrogens (primary N) is 1. The summed E-state index contributed by atoms with van der Waals surface area (Å²) in [6, 6.07) is 14.3. The third-order valence-electron chi connectivity index (χ3n) is 4.64. The molecule has 3 aromatic rings. The highest BCUT2D eigenvalue weighted by Gasteiger charge is 2.34. The Morgan fingerprint density at radius 2 is 1.73 bits per heavy atom. The van der Waals surface area contributed by atoms with E-state index in [-0.39, 0.29) is 0 Å². The van der Waals surface area contributed by atoms with Gasteiger partial charge in [-0.3, -0.25) is 0 Å². The summed E-state index contributed by atoms with van der Waals surface area (Å²) in [5, 5.41) is 6.47. The molecule has 1 heterocycles. The molecule has 0 bridgehead atoms. The van der Waals surface area contributed by atoms with Gasteiger partial charge in [0.15, 0.2) is 5.82 Å². The number of fused-ring (bicyclic) bond motifs is 1. The minimum absolute atomic E-state index is 0.426. The van der Waals surface area contributed by atoms with Crippen LogP contribution in [0.5, 0.6) is 0 Å². The van der Waals surface area contributed by atoms with Gasteiger partial charge in [0.2, 0.25) is 0 Å². The minimum atomic E-state index is -0.426. The Kier molecular flexibility index (Phi) is 3.19. The van der Waals surface area contributed by atoms with Crippen molar-refractivity contribution < 1.29 is 4.52 Å². The molecule has 2 aromatic carbocycles. The SMILES string of the molecule is NC1(c2noc(-c3cccc4ccccc34)n2)CCCCC1. The van der Waals surface area contributed by atoms with Gasteiger partial charge in [0, 0.05) is 5.56 Å². The molecule has 4 nitrogen and oxygen atoms in total. The van der Waals surface area contributed by atoms with Crippen molar-refractivity contribution in [3.05, 3.63) is 48.3 Å². The molecule has 0 spiro atoms. The van der Waals surface area contributed by atoms with E-state index in [0.29, 0.717) is 11.7 Å². The van der Waals surface area contributed by atoms with Crippen molar-refractivity contribution in [2.24, 2.45) is 5.73 Å². The van der Waals surface area contributed by atoms with Gasteiger partial charge < -0.3 is 10.3 Å². The molecule has 0 aliphatic heterocycles. The first-order valence-corrected chi connectivity index (χ1v) is 7.87. The lowest BCUT2D eigenvalue weighted by atomic mass is 9.82. The van der Waals surface area contributed by atoms with E-state index in [1.54, 1.807) is 0 Å². The Hall–Kier alpha value is -2.20. The smallest absolute Gasteiger partial charge is 0.258 e. The second-order valence-corrected chi connectivity index (χ2v) is 6.17. The molecular weight excluding hydrogens is 274 g/mol. The second kappa shape index (κ2) is 5.21. The summed E-state index contributed by atoms with van der Waals surface area (Å²) < 4.78 is 5.54. The van der Waals surface area contributed by atoms with Crippen molar-refractivity contribution in [2.45, 2.75) is 37.6 Å². The van der Waals surface area contributed by atoms with Crippen LogP contribution in [-0.4, -0.2) is 10.1 Å². The van der Waals surface area contributed by atoms with E-state index in [1.165, 1.54) is 11.8 Å². The van der Waals surface area contributed by atoms with E-state index < -0.39 is 5.54 Å². The van der Waals surface area contributed by atoms with Crippen LogP contribution in [0.15, 0.2) is 47.0 Å². The minimum Gasteiger partial charge on any atom is -0.334 e. The Morgan fingerprint density at radius 1 is 0.955 bits per heavy atom. The van der Waals surface area contributed by atoms with Crippen LogP contribution in [-0.2, 0) is 5.54 Å². The zero-order chi connectivity index (χ0) is 15.0. The Bertz CT molecular complexity index is 797. The predicted molar refractivity (Wildman–Crippen MR) is 86.2 cm³/mol. The zero-order valence-corrected chi connectivity index (χ0v) is 12.5. The topological polar surface area (TPSA) is 64.9 Å². The molecule has 0 radical (unpaired) electrons. The number of hydrogen-bond donors (Lipinski definition) is 1. The molecule has 112 valence electrons. The average molecular weight is 293 g/mol. The molecule has 2 N–H and O–H groups in total. The Balaban J connectivity index is 1.77. The van der Waals surface area contributed by atoms with Gasteiger partial charge in [0.1, 0.15) is 0 Å². The highest BCUT2D eigenvalue weighted by atomic mass is 16.5. The molecule has 1 fully saturated rings. The molecule has 1 saturated carbocycles. The van der Waals surface area contributed by atoms with Crippen LogP contribution in [0.1, 0.15) is 37.9 Å². The third kappa shape index (κ3) is 2.20. The fourth-order valence-corrected chi connectivity index (χ4v) is 3.35. The van der Waals surface area contributed by atoms with E-state index in [1.807, 2.05) is 24.3 Å². The van der Waals surface area contributed by atoms with Gasteiger partial charge in [-0.15, -0.1) is 0 Å². The van der Waals surface area contributed by atoms with Crippen LogP contribution in [0.3, 0.4) is 0 Å². The fourth-order valence-electron chi connectivity index (χ4n) is 3.35. The molecule has 0 saturated heterocycles. The molecule has 4 rings (SSSR count). The number of aromatic nitrogens is 2. The van der Waals surface area contributed by atoms with Crippen molar-refractivity contribution in [1.82, 2.24) is 10.1 Å². The first-order valence-electron chi connectivity index (χ1n) is 7.87. The lowest BCUT2D eigenvalue weighted by Crippen LogP contribution is -2.39. The summed E-state index contributed by atoms with van der Waals surface area (Å²) in [6.45, 7) is 0. The van der Waals surface area contributed by atoms with Crippen LogP contribution in [0.2, 0.25) is 0 Å². The first kappa shape index (κ1) is 13.5. The van der Waals surface area contributed by atoms with E-state index in [4.69, 9.17) is 10.3 Å². The molecule has 1 aliphatic carbocycles. The average Bonchev–Trinajstić information content (AvgIpc) is 3.06. The summed E-state index contributed by atoms with van der Waals surface area (Å²) in [6.07, 6.45) is 5.37. The van der Waals surface area contributed by atoms with E-state index in [0.717, 1.165) is 36.6 Å². The monoisotopic (exact) mass is 293 g/mol. The van der Waals surface area contributed by atoms with Crippen molar-refractivity contribution in [3.63, 3.8) is 0 Å². The van der Waals surface area contributed by atoms with Crippen molar-refractivity contribution in [3.8, 4) is 11.5 Å². The Labute approximate surface area is 129 Å². The summed E-state index contributed by atoms with van der Waals surface area (Å²) >= 11 is 0. The zero-order valence-electron chi connectivity index (χ0n) is 12.5. The largest absolute Gasteiger partial charge is 0.334 e. The molecule has 22 heavy (non-hydrogen) atoms. The molecule has 0 unspecified atom stereocenters. The molecule has 0 atom stereocenters. The van der Waals surface area contributed by atoms with Crippen LogP contribution in [0.25, 0.3) is 22.2 Å². The maximum absolute atomic E-state index is 6.50. The highest BCUT2D eigenvalue weighted by molar-refractivity contribution is 5.94. The van der Waals surface area contributed by atoms with E-state index in [9.17, 15) is 0 Å². The van der Waals surface area contributed by atoms with Crippen molar-refractivity contribution >= 4 is 10.8 Å². The number of hydrogen-bond acceptors (Lipinski definition) is 4. The summed E-state index contributed by atoms with van der Waals surface area (Å²) in [4.78, 5) is 4.62. The van der Waals surface area contributed by atoms with Gasteiger partial charge in [0.25, 0.3) is 5.89 Å². The van der Waals surface area contributed by atoms with Gasteiger partial charge in [-0.05, 0) is 29.7 Å². The van der Waals surface area contributed by atoms with Gasteiger partial charge in [0.05, 0.1) is 5.54 Å². The normalized spacial score (nSPS) is 17.7. The fraction of sp³-hybridized carbons (Fsp3) is 0.333. The van der Waals surface area contributed by atoms with Crippen LogP contribution >= 0.6 is 0 Å². The molecule has 1 aromatic heterocycles. The molecular formula is C18H19N3O. The second-order valence-electron chi connectivity index (χ2n) is 6.17. The van der Waals surface area contributed by atoms with Gasteiger partial charge in [-0.1, -0.05) is 60.8 Å². The number of rotatable bonds is 2. The lowest BCUT2D eigenvalue weighted by Gasteiger charge is -2.29. The maximum Gasteiger partial charge on any atom is 0.258 e. The molecule has 1 aliphatic rings. The first-order chi connectivity index (χ1) is 10.8. The van der Waals surface area contributed by atoms with Gasteiger partial charge in [-0.25, -0.2) is 0 Å². The molecule has 0 amide bonds. The Morgan fingerprint density at radius 3 is 2.59 bits per heavy atom. The lowest BCUT2D eigenvalue weighted by molar-refractivity contribution is 0.275. The number of benzene rings is 2. The van der Waals surface area contributed by atoms with Crippen molar-refractivity contribution in [1.29, 1.82) is 0 Å². The van der Waals surface area contributed by atoms with Gasteiger partial charge >= 0.3 is 0 Å². The maximum atomic E-state index is 6.50. The van der Waals surface area contributed by atoms with E-state index >= 15 is 0 Å². The van der Waals surface area contributed by atoms with Crippen LogP contribution in [0, 0.1) is 0 Å². The predicted octanol–water partition coefficient (Wildman–Crippen LogP) is 4.01. The molecule has 4 heteroatoms. The van der Waals surface area contributed by atoms with Crippen LogP contribution in [0.4, 0.5) is 0 Å². The van der Waals surface area contributed by atoms with Crippen molar-refractivity contribution in [2.75, 3.05) is 0 Å². The summed E-state index contributed by atoms with van der Waals surface area (Å²) in [5.74, 6) is 1.21. The number of nitrogens with zero attached hydrogens (tertiary/aromatic N) is 2. The quantitative estimate of drug-likeness (QED) is 0.775. The standard InChI is InChI=1S/C18H19N3O/c19-18(11-4-1-5-12-18)17-20-16(22-21-17)15-10-6-8-13-7-2-3-9-14(13)15/h2-3,6-10H,1,4-5,11-12,19H2. The summed E-state index contributed by atoms with van der Waals surface area (Å²) in [5.41, 5.74) is 7.04. The summed E-state index contributed by atoms with van der Waals surface area (Å²) in [7, 11) is 0. The van der Waals surface area contributed by atoms with E-state index in [2.05, 4.69) is 28.3 Å². The van der Waals surface area contributed by atoms with Gasteiger partial charge in [-0.2, -0.15) is 4.98 Å².